The van der Waals surface area contributed by atoms with Gasteiger partial charge in [0.15, 0.2) is 5.78 Å². The molecule has 0 bridgehead atoms. The molecule has 2 aromatic rings. The van der Waals surface area contributed by atoms with Crippen LogP contribution >= 0.6 is 11.3 Å². The molecule has 3 rings (SSSR count). The number of nitrogens with zero attached hydrogens (tertiary/aromatic N) is 1. The SMILES string of the molecule is Cc1ccc(S(=O)(=O)N2CCC(C(=O)c3ccc(F)cc3)CC2)s1. The van der Waals surface area contributed by atoms with E-state index in [4.69, 9.17) is 0 Å². The molecule has 7 heteroatoms. The standard InChI is InChI=1S/C17H18FNO3S2/c1-12-2-7-16(23-12)24(21,22)19-10-8-14(9-11-19)17(20)13-3-5-15(18)6-4-13/h2-7,14H,8-11H2,1H3. The number of hydrogen-bond acceptors (Lipinski definition) is 4. The molecule has 24 heavy (non-hydrogen) atoms. The molecule has 1 aromatic carbocycles. The molecule has 1 saturated heterocycles. The third-order valence-electron chi connectivity index (χ3n) is 4.26. The van der Waals surface area contributed by atoms with Gasteiger partial charge in [0.2, 0.25) is 0 Å². The zero-order valence-electron chi connectivity index (χ0n) is 13.2. The Morgan fingerprint density at radius 1 is 1.12 bits per heavy atom. The highest BCUT2D eigenvalue weighted by Gasteiger charge is 2.33. The predicted octanol–water partition coefficient (Wildman–Crippen LogP) is 3.48. The number of Topliss-reactive ketones (excluding diaryl/α,β-unsaturated/α-hetero) is 1. The molecule has 1 aromatic heterocycles. The Bertz CT molecular complexity index is 835. The van der Waals surface area contributed by atoms with Crippen molar-refractivity contribution in [3.63, 3.8) is 0 Å². The summed E-state index contributed by atoms with van der Waals surface area (Å²) < 4.78 is 39.9. The molecular weight excluding hydrogens is 349 g/mol. The van der Waals surface area contributed by atoms with Crippen molar-refractivity contribution in [2.24, 2.45) is 5.92 Å². The highest BCUT2D eigenvalue weighted by atomic mass is 32.2. The molecule has 0 N–H and O–H groups in total. The first kappa shape index (κ1) is 17.3. The molecule has 0 saturated carbocycles. The third kappa shape index (κ3) is 3.43. The zero-order valence-corrected chi connectivity index (χ0v) is 14.9. The predicted molar refractivity (Wildman–Crippen MR) is 91.3 cm³/mol. The summed E-state index contributed by atoms with van der Waals surface area (Å²) in [6.45, 7) is 2.53. The van der Waals surface area contributed by atoms with Gasteiger partial charge in [0.1, 0.15) is 10.0 Å². The number of hydrogen-bond donors (Lipinski definition) is 0. The normalized spacial score (nSPS) is 17.1. The third-order valence-corrected chi connectivity index (χ3v) is 7.63. The molecular formula is C17H18FNO3S2. The number of rotatable bonds is 4. The summed E-state index contributed by atoms with van der Waals surface area (Å²) in [7, 11) is -3.47. The van der Waals surface area contributed by atoms with Crippen molar-refractivity contribution in [3.05, 3.63) is 52.7 Å². The van der Waals surface area contributed by atoms with E-state index in [1.54, 1.807) is 12.1 Å². The van der Waals surface area contributed by atoms with Crippen molar-refractivity contribution >= 4 is 27.1 Å². The number of halogens is 1. The Morgan fingerprint density at radius 2 is 1.75 bits per heavy atom. The molecule has 1 aliphatic heterocycles. The second kappa shape index (κ2) is 6.74. The van der Waals surface area contributed by atoms with Crippen molar-refractivity contribution in [3.8, 4) is 0 Å². The lowest BCUT2D eigenvalue weighted by molar-refractivity contribution is 0.0875. The molecule has 128 valence electrons. The van der Waals surface area contributed by atoms with Gasteiger partial charge in [-0.15, -0.1) is 11.3 Å². The van der Waals surface area contributed by atoms with E-state index in [9.17, 15) is 17.6 Å². The second-order valence-electron chi connectivity index (χ2n) is 5.91. The summed E-state index contributed by atoms with van der Waals surface area (Å²) in [5.74, 6) is -0.635. The molecule has 1 aliphatic rings. The van der Waals surface area contributed by atoms with Crippen LogP contribution in [0.25, 0.3) is 0 Å². The van der Waals surface area contributed by atoms with E-state index in [0.29, 0.717) is 35.7 Å². The van der Waals surface area contributed by atoms with Crippen molar-refractivity contribution in [2.45, 2.75) is 24.0 Å². The maximum Gasteiger partial charge on any atom is 0.252 e. The van der Waals surface area contributed by atoms with Gasteiger partial charge in [-0.2, -0.15) is 4.31 Å². The summed E-state index contributed by atoms with van der Waals surface area (Å²) >= 11 is 1.26. The van der Waals surface area contributed by atoms with Gasteiger partial charge in [-0.25, -0.2) is 12.8 Å². The van der Waals surface area contributed by atoms with Crippen LogP contribution in [0, 0.1) is 18.7 Å². The van der Waals surface area contributed by atoms with E-state index in [1.807, 2.05) is 6.92 Å². The number of carbonyl (C=O) groups is 1. The first-order chi connectivity index (χ1) is 11.4. The largest absolute Gasteiger partial charge is 0.294 e. The van der Waals surface area contributed by atoms with Crippen molar-refractivity contribution < 1.29 is 17.6 Å². The van der Waals surface area contributed by atoms with E-state index < -0.39 is 10.0 Å². The zero-order chi connectivity index (χ0) is 17.3. The minimum Gasteiger partial charge on any atom is -0.294 e. The van der Waals surface area contributed by atoms with Gasteiger partial charge in [-0.3, -0.25) is 4.79 Å². The highest BCUT2D eigenvalue weighted by molar-refractivity contribution is 7.91. The van der Waals surface area contributed by atoms with Crippen LogP contribution in [0.15, 0.2) is 40.6 Å². The van der Waals surface area contributed by atoms with Gasteiger partial charge in [0, 0.05) is 29.4 Å². The fourth-order valence-electron chi connectivity index (χ4n) is 2.89. The van der Waals surface area contributed by atoms with Crippen LogP contribution in [0.5, 0.6) is 0 Å². The Balaban J connectivity index is 1.67. The summed E-state index contributed by atoms with van der Waals surface area (Å²) in [6, 6.07) is 8.93. The first-order valence-electron chi connectivity index (χ1n) is 7.74. The molecule has 0 atom stereocenters. The van der Waals surface area contributed by atoms with Gasteiger partial charge in [0.05, 0.1) is 0 Å². The van der Waals surface area contributed by atoms with Crippen LogP contribution < -0.4 is 0 Å². The molecule has 0 amide bonds. The van der Waals surface area contributed by atoms with E-state index in [2.05, 4.69) is 0 Å². The van der Waals surface area contributed by atoms with Crippen LogP contribution in [0.1, 0.15) is 28.1 Å². The molecule has 1 fully saturated rings. The van der Waals surface area contributed by atoms with Crippen LogP contribution in [0.4, 0.5) is 4.39 Å². The number of piperidine rings is 1. The molecule has 0 spiro atoms. The number of aryl methyl sites for hydroxylation is 1. The fraction of sp³-hybridized carbons (Fsp3) is 0.353. The lowest BCUT2D eigenvalue weighted by atomic mass is 9.90. The first-order valence-corrected chi connectivity index (χ1v) is 10.00. The van der Waals surface area contributed by atoms with Crippen molar-refractivity contribution in [1.82, 2.24) is 4.31 Å². The Labute approximate surface area is 145 Å². The minimum absolute atomic E-state index is 0.0426. The van der Waals surface area contributed by atoms with Gasteiger partial charge in [0.25, 0.3) is 10.0 Å². The van der Waals surface area contributed by atoms with Gasteiger partial charge < -0.3 is 0 Å². The average Bonchev–Trinajstić information content (AvgIpc) is 3.02. The number of benzene rings is 1. The van der Waals surface area contributed by atoms with E-state index in [0.717, 1.165) is 4.88 Å². The lowest BCUT2D eigenvalue weighted by Gasteiger charge is -2.30. The molecule has 4 nitrogen and oxygen atoms in total. The fourth-order valence-corrected chi connectivity index (χ4v) is 5.79. The molecule has 0 unspecified atom stereocenters. The smallest absolute Gasteiger partial charge is 0.252 e. The van der Waals surface area contributed by atoms with Gasteiger partial charge >= 0.3 is 0 Å². The average molecular weight is 367 g/mol. The summed E-state index contributed by atoms with van der Waals surface area (Å²) in [5.41, 5.74) is 0.478. The minimum atomic E-state index is -3.47. The quantitative estimate of drug-likeness (QED) is 0.778. The van der Waals surface area contributed by atoms with E-state index in [1.165, 1.54) is 39.9 Å². The van der Waals surface area contributed by atoms with Gasteiger partial charge in [-0.1, -0.05) is 0 Å². The Hall–Kier alpha value is -1.57. The van der Waals surface area contributed by atoms with Crippen LogP contribution in [0.3, 0.4) is 0 Å². The lowest BCUT2D eigenvalue weighted by Crippen LogP contribution is -2.40. The number of sulfonamides is 1. The van der Waals surface area contributed by atoms with Crippen LogP contribution in [-0.4, -0.2) is 31.6 Å². The molecule has 2 heterocycles. The Morgan fingerprint density at radius 3 is 2.29 bits per heavy atom. The molecule has 0 aliphatic carbocycles. The summed E-state index contributed by atoms with van der Waals surface area (Å²) in [5, 5.41) is 0. The van der Waals surface area contributed by atoms with Crippen molar-refractivity contribution in [2.75, 3.05) is 13.1 Å². The topological polar surface area (TPSA) is 54.5 Å². The summed E-state index contributed by atoms with van der Waals surface area (Å²) in [4.78, 5) is 13.4. The maximum absolute atomic E-state index is 13.0. The van der Waals surface area contributed by atoms with Crippen LogP contribution in [0.2, 0.25) is 0 Å². The molecule has 0 radical (unpaired) electrons. The maximum atomic E-state index is 13.0. The second-order valence-corrected chi connectivity index (χ2v) is 9.37. The van der Waals surface area contributed by atoms with E-state index in [-0.39, 0.29) is 17.5 Å². The number of thiophene rings is 1. The van der Waals surface area contributed by atoms with Crippen LogP contribution in [-0.2, 0) is 10.0 Å². The summed E-state index contributed by atoms with van der Waals surface area (Å²) in [6.07, 6.45) is 0.972. The number of ketones is 1. The monoisotopic (exact) mass is 367 g/mol. The van der Waals surface area contributed by atoms with E-state index >= 15 is 0 Å². The van der Waals surface area contributed by atoms with Gasteiger partial charge in [-0.05, 0) is 56.2 Å². The highest BCUT2D eigenvalue weighted by Crippen LogP contribution is 2.29. The Kier molecular flexibility index (Phi) is 4.85. The van der Waals surface area contributed by atoms with Crippen molar-refractivity contribution in [1.29, 1.82) is 0 Å². The number of carbonyl (C=O) groups excluding carboxylic acids is 1.